The second-order valence-corrected chi connectivity index (χ2v) is 8.72. The number of hydrogen-bond donors (Lipinski definition) is 1. The smallest absolute Gasteiger partial charge is 0.336 e. The first kappa shape index (κ1) is 26.9. The number of nitrogens with zero attached hydrogens (tertiary/aromatic N) is 3. The van der Waals surface area contributed by atoms with Crippen molar-refractivity contribution in [1.82, 2.24) is 14.8 Å². The van der Waals surface area contributed by atoms with E-state index in [1.54, 1.807) is 16.8 Å². The molecule has 3 aromatic carbocycles. The van der Waals surface area contributed by atoms with Crippen LogP contribution in [0.5, 0.6) is 11.8 Å². The average molecular weight is 515 g/mol. The van der Waals surface area contributed by atoms with E-state index in [1.165, 1.54) is 0 Å². The van der Waals surface area contributed by atoms with Crippen LogP contribution in [0.4, 0.5) is 5.69 Å². The maximum atomic E-state index is 12.8. The number of amides is 1. The van der Waals surface area contributed by atoms with Gasteiger partial charge in [0.05, 0.1) is 18.9 Å². The number of ether oxygens (including phenoxy) is 3. The lowest BCUT2D eigenvalue weighted by Gasteiger charge is -2.10. The monoisotopic (exact) mass is 514 g/mol. The molecular formula is C30H34N4O4. The number of rotatable bonds is 13. The molecule has 0 spiro atoms. The molecule has 4 aromatic rings. The van der Waals surface area contributed by atoms with Crippen LogP contribution in [-0.2, 0) is 4.74 Å². The van der Waals surface area contributed by atoms with Crippen LogP contribution in [-0.4, -0.2) is 47.1 Å². The Morgan fingerprint density at radius 3 is 2.37 bits per heavy atom. The first-order chi connectivity index (χ1) is 18.6. The summed E-state index contributed by atoms with van der Waals surface area (Å²) in [6, 6.07) is 22.9. The molecular weight excluding hydrogens is 480 g/mol. The third-order valence-electron chi connectivity index (χ3n) is 5.89. The standard InChI is InChI=1S/C30H34N4O4/c1-4-6-19-37-26-17-11-23(12-18-26)29(35)31-24-13-15-25(16-14-24)34-28(27-10-8-7-9-22(27)3)32-30(33-34)38-21-20-36-5-2/h7-18H,4-6,19-21H2,1-3H3,(H,31,35). The number of benzene rings is 3. The fourth-order valence-electron chi connectivity index (χ4n) is 3.79. The van der Waals surface area contributed by atoms with E-state index in [0.29, 0.717) is 43.5 Å². The van der Waals surface area contributed by atoms with Gasteiger partial charge in [-0.3, -0.25) is 4.79 Å². The van der Waals surface area contributed by atoms with Crippen molar-refractivity contribution in [3.63, 3.8) is 0 Å². The Balaban J connectivity index is 1.49. The van der Waals surface area contributed by atoms with Crippen LogP contribution in [0.1, 0.15) is 42.6 Å². The van der Waals surface area contributed by atoms with E-state index in [1.807, 2.05) is 74.5 Å². The lowest BCUT2D eigenvalue weighted by Crippen LogP contribution is -2.12. The van der Waals surface area contributed by atoms with E-state index in [0.717, 1.165) is 35.4 Å². The van der Waals surface area contributed by atoms with E-state index >= 15 is 0 Å². The van der Waals surface area contributed by atoms with Crippen LogP contribution in [0.3, 0.4) is 0 Å². The summed E-state index contributed by atoms with van der Waals surface area (Å²) in [4.78, 5) is 17.4. The van der Waals surface area contributed by atoms with Crippen molar-refractivity contribution in [1.29, 1.82) is 0 Å². The Bertz CT molecular complexity index is 1320. The van der Waals surface area contributed by atoms with Crippen molar-refractivity contribution in [3.8, 4) is 28.8 Å². The Morgan fingerprint density at radius 2 is 1.66 bits per heavy atom. The molecule has 0 atom stereocenters. The van der Waals surface area contributed by atoms with Crippen LogP contribution in [0.15, 0.2) is 72.8 Å². The molecule has 0 aliphatic heterocycles. The average Bonchev–Trinajstić information content (AvgIpc) is 3.36. The number of aryl methyl sites for hydroxylation is 1. The van der Waals surface area contributed by atoms with Gasteiger partial charge in [0.15, 0.2) is 5.82 Å². The topological polar surface area (TPSA) is 87.5 Å². The van der Waals surface area contributed by atoms with E-state index in [9.17, 15) is 4.79 Å². The number of anilines is 1. The zero-order chi connectivity index (χ0) is 26.7. The summed E-state index contributed by atoms with van der Waals surface area (Å²) in [5.41, 5.74) is 4.06. The predicted molar refractivity (Wildman–Crippen MR) is 148 cm³/mol. The van der Waals surface area contributed by atoms with Crippen molar-refractivity contribution in [2.75, 3.05) is 31.7 Å². The van der Waals surface area contributed by atoms with Gasteiger partial charge in [0.1, 0.15) is 12.4 Å². The van der Waals surface area contributed by atoms with Gasteiger partial charge in [-0.15, -0.1) is 5.10 Å². The highest BCUT2D eigenvalue weighted by atomic mass is 16.5. The predicted octanol–water partition coefficient (Wildman–Crippen LogP) is 6.09. The minimum absolute atomic E-state index is 0.191. The second-order valence-electron chi connectivity index (χ2n) is 8.72. The molecule has 0 bridgehead atoms. The Hall–Kier alpha value is -4.17. The number of hydrogen-bond acceptors (Lipinski definition) is 6. The SMILES string of the molecule is CCCCOc1ccc(C(=O)Nc2ccc(-n3nc(OCCOCC)nc3-c3ccccc3C)cc2)cc1. The van der Waals surface area contributed by atoms with Gasteiger partial charge in [0.25, 0.3) is 5.91 Å². The van der Waals surface area contributed by atoms with E-state index < -0.39 is 0 Å². The van der Waals surface area contributed by atoms with Crippen molar-refractivity contribution in [2.45, 2.75) is 33.6 Å². The normalized spacial score (nSPS) is 10.8. The van der Waals surface area contributed by atoms with Crippen molar-refractivity contribution in [2.24, 2.45) is 0 Å². The highest BCUT2D eigenvalue weighted by molar-refractivity contribution is 6.04. The summed E-state index contributed by atoms with van der Waals surface area (Å²) in [7, 11) is 0. The van der Waals surface area contributed by atoms with Gasteiger partial charge in [0, 0.05) is 23.4 Å². The molecule has 0 unspecified atom stereocenters. The summed E-state index contributed by atoms with van der Waals surface area (Å²) in [6.45, 7) is 8.22. The van der Waals surface area contributed by atoms with Crippen molar-refractivity contribution < 1.29 is 19.0 Å². The van der Waals surface area contributed by atoms with Gasteiger partial charge in [-0.1, -0.05) is 37.6 Å². The van der Waals surface area contributed by atoms with Gasteiger partial charge in [0.2, 0.25) is 0 Å². The van der Waals surface area contributed by atoms with E-state index in [4.69, 9.17) is 14.2 Å². The molecule has 38 heavy (non-hydrogen) atoms. The van der Waals surface area contributed by atoms with Gasteiger partial charge in [-0.25, -0.2) is 4.68 Å². The van der Waals surface area contributed by atoms with Crippen LogP contribution < -0.4 is 14.8 Å². The van der Waals surface area contributed by atoms with Gasteiger partial charge < -0.3 is 19.5 Å². The second kappa shape index (κ2) is 13.4. The maximum Gasteiger partial charge on any atom is 0.336 e. The van der Waals surface area contributed by atoms with E-state index in [2.05, 4.69) is 22.3 Å². The van der Waals surface area contributed by atoms with Crippen LogP contribution >= 0.6 is 0 Å². The first-order valence-corrected chi connectivity index (χ1v) is 13.0. The van der Waals surface area contributed by atoms with Crippen LogP contribution in [0, 0.1) is 6.92 Å². The first-order valence-electron chi connectivity index (χ1n) is 13.0. The molecule has 0 aliphatic carbocycles. The molecule has 198 valence electrons. The molecule has 0 fully saturated rings. The number of aromatic nitrogens is 3. The molecule has 0 saturated heterocycles. The zero-order valence-corrected chi connectivity index (χ0v) is 22.1. The van der Waals surface area contributed by atoms with E-state index in [-0.39, 0.29) is 11.9 Å². The number of unbranched alkanes of at least 4 members (excludes halogenated alkanes) is 1. The number of nitrogens with one attached hydrogen (secondary N) is 1. The molecule has 0 saturated carbocycles. The van der Waals surface area contributed by atoms with Crippen molar-refractivity contribution in [3.05, 3.63) is 83.9 Å². The molecule has 0 aliphatic rings. The lowest BCUT2D eigenvalue weighted by atomic mass is 10.1. The molecule has 8 nitrogen and oxygen atoms in total. The summed E-state index contributed by atoms with van der Waals surface area (Å²) in [5.74, 6) is 1.25. The highest BCUT2D eigenvalue weighted by Gasteiger charge is 2.16. The Morgan fingerprint density at radius 1 is 0.895 bits per heavy atom. The quantitative estimate of drug-likeness (QED) is 0.217. The minimum atomic E-state index is -0.191. The lowest BCUT2D eigenvalue weighted by molar-refractivity contribution is 0.102. The Labute approximate surface area is 223 Å². The third-order valence-corrected chi connectivity index (χ3v) is 5.89. The molecule has 1 aromatic heterocycles. The largest absolute Gasteiger partial charge is 0.494 e. The van der Waals surface area contributed by atoms with Crippen molar-refractivity contribution >= 4 is 11.6 Å². The van der Waals surface area contributed by atoms with Crippen LogP contribution in [0.25, 0.3) is 17.1 Å². The van der Waals surface area contributed by atoms with Gasteiger partial charge in [-0.05, 0) is 74.4 Å². The molecule has 4 rings (SSSR count). The zero-order valence-electron chi connectivity index (χ0n) is 22.1. The van der Waals surface area contributed by atoms with Crippen LogP contribution in [0.2, 0.25) is 0 Å². The summed E-state index contributed by atoms with van der Waals surface area (Å²) < 4.78 is 18.5. The summed E-state index contributed by atoms with van der Waals surface area (Å²) in [6.07, 6.45) is 2.08. The fraction of sp³-hybridized carbons (Fsp3) is 0.300. The molecule has 1 amide bonds. The third kappa shape index (κ3) is 6.98. The van der Waals surface area contributed by atoms with Gasteiger partial charge >= 0.3 is 6.01 Å². The van der Waals surface area contributed by atoms with Gasteiger partial charge in [-0.2, -0.15) is 4.98 Å². The molecule has 1 heterocycles. The molecule has 0 radical (unpaired) electrons. The minimum Gasteiger partial charge on any atom is -0.494 e. The number of carbonyl (C=O) groups excluding carboxylic acids is 1. The fourth-order valence-corrected chi connectivity index (χ4v) is 3.79. The summed E-state index contributed by atoms with van der Waals surface area (Å²) in [5, 5.41) is 7.54. The molecule has 1 N–H and O–H groups in total. The summed E-state index contributed by atoms with van der Waals surface area (Å²) >= 11 is 0. The maximum absolute atomic E-state index is 12.8. The number of carbonyl (C=O) groups is 1. The Kier molecular flexibility index (Phi) is 9.48. The highest BCUT2D eigenvalue weighted by Crippen LogP contribution is 2.27. The molecule has 8 heteroatoms.